The number of aromatic nitrogens is 3. The van der Waals surface area contributed by atoms with E-state index in [0.29, 0.717) is 17.8 Å². The number of hydrogen-bond donors (Lipinski definition) is 0. The third-order valence-electron chi connectivity index (χ3n) is 2.80. The van der Waals surface area contributed by atoms with Crippen LogP contribution in [0.15, 0.2) is 10.7 Å². The van der Waals surface area contributed by atoms with Crippen LogP contribution < -0.4 is 0 Å². The zero-order chi connectivity index (χ0) is 14.9. The summed E-state index contributed by atoms with van der Waals surface area (Å²) in [5.41, 5.74) is 0.931. The Kier molecular flexibility index (Phi) is 4.83. The van der Waals surface area contributed by atoms with Crippen LogP contribution in [0.1, 0.15) is 0 Å². The molecule has 0 aliphatic rings. The SMILES string of the molecule is C[Si](C)(C)CCOCn1c(Cl)nc2cc(F)c(Br)nc21. The van der Waals surface area contributed by atoms with Gasteiger partial charge >= 0.3 is 0 Å². The third-order valence-corrected chi connectivity index (χ3v) is 5.35. The van der Waals surface area contributed by atoms with Crippen molar-refractivity contribution in [3.63, 3.8) is 0 Å². The number of rotatable bonds is 5. The predicted octanol–water partition coefficient (Wildman–Crippen LogP) is 4.30. The number of hydrogen-bond acceptors (Lipinski definition) is 3. The Morgan fingerprint density at radius 1 is 1.40 bits per heavy atom. The highest BCUT2D eigenvalue weighted by Crippen LogP contribution is 2.23. The average molecular weight is 381 g/mol. The zero-order valence-electron chi connectivity index (χ0n) is 11.6. The monoisotopic (exact) mass is 379 g/mol. The molecule has 0 atom stereocenters. The van der Waals surface area contributed by atoms with Crippen molar-refractivity contribution >= 4 is 46.8 Å². The second-order valence-corrected chi connectivity index (χ2v) is 12.5. The van der Waals surface area contributed by atoms with E-state index in [-0.39, 0.29) is 16.6 Å². The highest BCUT2D eigenvalue weighted by atomic mass is 79.9. The quantitative estimate of drug-likeness (QED) is 0.441. The molecule has 2 heterocycles. The van der Waals surface area contributed by atoms with Gasteiger partial charge < -0.3 is 4.74 Å². The predicted molar refractivity (Wildman–Crippen MR) is 84.3 cm³/mol. The maximum absolute atomic E-state index is 13.4. The lowest BCUT2D eigenvalue weighted by Gasteiger charge is -2.15. The highest BCUT2D eigenvalue weighted by molar-refractivity contribution is 9.10. The van der Waals surface area contributed by atoms with Crippen molar-refractivity contribution in [2.45, 2.75) is 32.4 Å². The summed E-state index contributed by atoms with van der Waals surface area (Å²) in [4.78, 5) is 8.19. The van der Waals surface area contributed by atoms with Gasteiger partial charge in [-0.05, 0) is 33.6 Å². The fourth-order valence-corrected chi connectivity index (χ4v) is 2.88. The van der Waals surface area contributed by atoms with Crippen molar-refractivity contribution in [3.8, 4) is 0 Å². The summed E-state index contributed by atoms with van der Waals surface area (Å²) in [7, 11) is -1.12. The molecule has 0 radical (unpaired) electrons. The molecule has 2 aromatic rings. The number of ether oxygens (including phenoxy) is 1. The average Bonchev–Trinajstić information content (AvgIpc) is 2.60. The van der Waals surface area contributed by atoms with Gasteiger partial charge in [-0.1, -0.05) is 19.6 Å². The van der Waals surface area contributed by atoms with E-state index in [1.165, 1.54) is 6.07 Å². The minimum atomic E-state index is -1.12. The van der Waals surface area contributed by atoms with Gasteiger partial charge in [0.05, 0.1) is 0 Å². The molecule has 0 fully saturated rings. The Balaban J connectivity index is 2.14. The zero-order valence-corrected chi connectivity index (χ0v) is 14.9. The van der Waals surface area contributed by atoms with E-state index >= 15 is 0 Å². The fourth-order valence-electron chi connectivity index (χ4n) is 1.62. The lowest BCUT2D eigenvalue weighted by atomic mass is 10.4. The summed E-state index contributed by atoms with van der Waals surface area (Å²) in [6.45, 7) is 7.81. The van der Waals surface area contributed by atoms with E-state index in [1.807, 2.05) is 0 Å². The van der Waals surface area contributed by atoms with Crippen molar-refractivity contribution in [2.24, 2.45) is 0 Å². The number of nitrogens with zero attached hydrogens (tertiary/aromatic N) is 3. The first kappa shape index (κ1) is 15.9. The lowest BCUT2D eigenvalue weighted by Crippen LogP contribution is -2.22. The van der Waals surface area contributed by atoms with Crippen LogP contribution in [0.2, 0.25) is 31.0 Å². The molecule has 110 valence electrons. The minimum absolute atomic E-state index is 0.143. The van der Waals surface area contributed by atoms with Crippen LogP contribution in [0.5, 0.6) is 0 Å². The molecule has 2 rings (SSSR count). The van der Waals surface area contributed by atoms with Gasteiger partial charge in [-0.3, -0.25) is 4.57 Å². The fraction of sp³-hybridized carbons (Fsp3) is 0.500. The third kappa shape index (κ3) is 3.78. The van der Waals surface area contributed by atoms with Gasteiger partial charge in [0.2, 0.25) is 5.28 Å². The molecule has 0 aliphatic carbocycles. The summed E-state index contributed by atoms with van der Waals surface area (Å²) in [6.07, 6.45) is 0. The van der Waals surface area contributed by atoms with E-state index < -0.39 is 13.9 Å². The second-order valence-electron chi connectivity index (χ2n) is 5.76. The van der Waals surface area contributed by atoms with E-state index in [9.17, 15) is 4.39 Å². The highest BCUT2D eigenvalue weighted by Gasteiger charge is 2.15. The van der Waals surface area contributed by atoms with Crippen LogP contribution >= 0.6 is 27.5 Å². The molecule has 0 aromatic carbocycles. The van der Waals surface area contributed by atoms with Gasteiger partial charge in [-0.25, -0.2) is 14.4 Å². The Bertz CT molecular complexity index is 629. The Morgan fingerprint density at radius 3 is 2.75 bits per heavy atom. The molecule has 0 saturated heterocycles. The van der Waals surface area contributed by atoms with Crippen LogP contribution in [0, 0.1) is 5.82 Å². The smallest absolute Gasteiger partial charge is 0.206 e. The summed E-state index contributed by atoms with van der Waals surface area (Å²) < 4.78 is 20.8. The molecule has 4 nitrogen and oxygen atoms in total. The number of imidazole rings is 1. The Labute approximate surface area is 131 Å². The number of halogens is 3. The first-order valence-corrected chi connectivity index (χ1v) is 11.1. The van der Waals surface area contributed by atoms with Crippen molar-refractivity contribution in [2.75, 3.05) is 6.61 Å². The number of pyridine rings is 1. The molecule has 8 heteroatoms. The molecule has 0 unspecified atom stereocenters. The first-order chi connectivity index (χ1) is 9.28. The maximum atomic E-state index is 13.4. The standard InChI is InChI=1S/C12H16BrClFN3OSi/c1-20(2,3)5-4-19-7-18-11-9(16-12(18)14)6-8(15)10(13)17-11/h6H,4-5,7H2,1-3H3. The van der Waals surface area contributed by atoms with Crippen LogP contribution in [0.4, 0.5) is 4.39 Å². The molecule has 0 amide bonds. The second kappa shape index (κ2) is 6.09. The molecule has 0 aliphatic heterocycles. The summed E-state index contributed by atoms with van der Waals surface area (Å²) in [6, 6.07) is 2.37. The van der Waals surface area contributed by atoms with Gasteiger partial charge in [0, 0.05) is 20.7 Å². The van der Waals surface area contributed by atoms with Crippen molar-refractivity contribution < 1.29 is 9.13 Å². The molecular formula is C12H16BrClFN3OSi. The van der Waals surface area contributed by atoms with E-state index in [2.05, 4.69) is 45.5 Å². The Morgan fingerprint density at radius 2 is 2.10 bits per heavy atom. The maximum Gasteiger partial charge on any atom is 0.206 e. The summed E-state index contributed by atoms with van der Waals surface area (Å²) in [5.74, 6) is -0.460. The molecular weight excluding hydrogens is 365 g/mol. The first-order valence-electron chi connectivity index (χ1n) is 6.23. The largest absolute Gasteiger partial charge is 0.361 e. The minimum Gasteiger partial charge on any atom is -0.361 e. The van der Waals surface area contributed by atoms with E-state index in [1.54, 1.807) is 4.57 Å². The topological polar surface area (TPSA) is 39.9 Å². The molecule has 20 heavy (non-hydrogen) atoms. The van der Waals surface area contributed by atoms with E-state index in [4.69, 9.17) is 16.3 Å². The van der Waals surface area contributed by atoms with Gasteiger partial charge in [-0.15, -0.1) is 0 Å². The normalized spacial score (nSPS) is 12.3. The molecule has 0 bridgehead atoms. The Hall–Kier alpha value is -0.503. The van der Waals surface area contributed by atoms with Crippen molar-refractivity contribution in [1.82, 2.24) is 14.5 Å². The van der Waals surface area contributed by atoms with Crippen LogP contribution in [0.3, 0.4) is 0 Å². The van der Waals surface area contributed by atoms with Gasteiger partial charge in [0.1, 0.15) is 16.9 Å². The summed E-state index contributed by atoms with van der Waals surface area (Å²) in [5, 5.41) is 0.248. The summed E-state index contributed by atoms with van der Waals surface area (Å²) >= 11 is 9.11. The van der Waals surface area contributed by atoms with Crippen molar-refractivity contribution in [1.29, 1.82) is 0 Å². The number of fused-ring (bicyclic) bond motifs is 1. The molecule has 0 N–H and O–H groups in total. The van der Waals surface area contributed by atoms with Crippen LogP contribution in [0.25, 0.3) is 11.2 Å². The lowest BCUT2D eigenvalue weighted by molar-refractivity contribution is 0.0896. The van der Waals surface area contributed by atoms with Gasteiger partial charge in [0.25, 0.3) is 0 Å². The molecule has 2 aromatic heterocycles. The molecule has 0 saturated carbocycles. The van der Waals surface area contributed by atoms with Gasteiger partial charge in [0.15, 0.2) is 11.5 Å². The van der Waals surface area contributed by atoms with Crippen molar-refractivity contribution in [3.05, 3.63) is 21.8 Å². The van der Waals surface area contributed by atoms with Gasteiger partial charge in [-0.2, -0.15) is 0 Å². The molecule has 0 spiro atoms. The van der Waals surface area contributed by atoms with Crippen LogP contribution in [-0.4, -0.2) is 29.2 Å². The van der Waals surface area contributed by atoms with Crippen LogP contribution in [-0.2, 0) is 11.5 Å². The van der Waals surface area contributed by atoms with E-state index in [0.717, 1.165) is 6.04 Å².